The Morgan fingerprint density at radius 3 is 2.56 bits per heavy atom. The average Bonchev–Trinajstić information content (AvgIpc) is 2.61. The molecule has 144 valence electrons. The highest BCUT2D eigenvalue weighted by Crippen LogP contribution is 2.41. The van der Waals surface area contributed by atoms with Crippen LogP contribution in [-0.2, 0) is 5.41 Å². The second-order valence-electron chi connectivity index (χ2n) is 7.52. The third-order valence-corrected chi connectivity index (χ3v) is 5.64. The number of halogens is 2. The fourth-order valence-corrected chi connectivity index (χ4v) is 3.72. The van der Waals surface area contributed by atoms with Crippen molar-refractivity contribution in [3.63, 3.8) is 0 Å². The van der Waals surface area contributed by atoms with E-state index in [0.29, 0.717) is 24.2 Å². The number of nitrogens with zero attached hydrogens (tertiary/aromatic N) is 2. The molecule has 1 aliphatic carbocycles. The summed E-state index contributed by atoms with van der Waals surface area (Å²) in [6.07, 6.45) is 4.81. The molecule has 0 bridgehead atoms. The standard InChI is InChI=1S/C21H25F2N3O/c1-14(17-6-5-16(22)10-18(17)23)12-26(2)20(27)15-4-7-19(25-11-15)21(13-24)8-3-9-21/h4-7,10-11,14H,3,8-9,12-13,24H2,1-2H3. The van der Waals surface area contributed by atoms with Crippen LogP contribution in [-0.4, -0.2) is 35.9 Å². The number of nitrogens with two attached hydrogens (primary N) is 1. The molecule has 4 nitrogen and oxygen atoms in total. The predicted octanol–water partition coefficient (Wildman–Crippen LogP) is 3.62. The highest BCUT2D eigenvalue weighted by molar-refractivity contribution is 5.93. The Bertz CT molecular complexity index is 813. The maximum atomic E-state index is 13.9. The lowest BCUT2D eigenvalue weighted by atomic mass is 9.66. The first-order valence-corrected chi connectivity index (χ1v) is 9.23. The van der Waals surface area contributed by atoms with Gasteiger partial charge in [0.2, 0.25) is 0 Å². The number of amides is 1. The first-order valence-electron chi connectivity index (χ1n) is 9.23. The van der Waals surface area contributed by atoms with Crippen molar-refractivity contribution in [1.29, 1.82) is 0 Å². The molecular weight excluding hydrogens is 348 g/mol. The molecule has 1 saturated carbocycles. The summed E-state index contributed by atoms with van der Waals surface area (Å²) < 4.78 is 27.0. The zero-order valence-corrected chi connectivity index (χ0v) is 15.7. The highest BCUT2D eigenvalue weighted by Gasteiger charge is 2.38. The Kier molecular flexibility index (Phi) is 5.56. The Hall–Kier alpha value is -2.34. The van der Waals surface area contributed by atoms with Gasteiger partial charge in [-0.05, 0) is 36.6 Å². The third-order valence-electron chi connectivity index (χ3n) is 5.64. The number of hydrogen-bond acceptors (Lipinski definition) is 3. The minimum absolute atomic E-state index is 0.0396. The van der Waals surface area contributed by atoms with Crippen LogP contribution in [0.15, 0.2) is 36.5 Å². The molecule has 1 aromatic carbocycles. The maximum absolute atomic E-state index is 13.9. The molecule has 1 heterocycles. The van der Waals surface area contributed by atoms with Gasteiger partial charge in [-0.1, -0.05) is 19.4 Å². The molecule has 2 N–H and O–H groups in total. The number of carbonyl (C=O) groups excluding carboxylic acids is 1. The van der Waals surface area contributed by atoms with Crippen LogP contribution in [0, 0.1) is 11.6 Å². The largest absolute Gasteiger partial charge is 0.341 e. The zero-order chi connectivity index (χ0) is 19.6. The summed E-state index contributed by atoms with van der Waals surface area (Å²) in [5.74, 6) is -1.65. The number of pyridine rings is 1. The Labute approximate surface area is 158 Å². The number of likely N-dealkylation sites (N-methyl/N-ethyl adjacent to an activating group) is 1. The smallest absolute Gasteiger partial charge is 0.255 e. The van der Waals surface area contributed by atoms with E-state index < -0.39 is 11.6 Å². The average molecular weight is 373 g/mol. The summed E-state index contributed by atoms with van der Waals surface area (Å²) >= 11 is 0. The molecule has 0 aliphatic heterocycles. The van der Waals surface area contributed by atoms with Gasteiger partial charge in [-0.2, -0.15) is 0 Å². The monoisotopic (exact) mass is 373 g/mol. The van der Waals surface area contributed by atoms with Crippen LogP contribution >= 0.6 is 0 Å². The Morgan fingerprint density at radius 2 is 2.04 bits per heavy atom. The van der Waals surface area contributed by atoms with Crippen LogP contribution in [0.4, 0.5) is 8.78 Å². The summed E-state index contributed by atoms with van der Waals surface area (Å²) in [7, 11) is 1.67. The second kappa shape index (κ2) is 7.72. The van der Waals surface area contributed by atoms with E-state index in [9.17, 15) is 13.6 Å². The van der Waals surface area contributed by atoms with Crippen molar-refractivity contribution in [2.75, 3.05) is 20.1 Å². The maximum Gasteiger partial charge on any atom is 0.255 e. The molecule has 1 aromatic heterocycles. The van der Waals surface area contributed by atoms with Gasteiger partial charge in [-0.25, -0.2) is 8.78 Å². The summed E-state index contributed by atoms with van der Waals surface area (Å²) in [6.45, 7) is 2.69. The van der Waals surface area contributed by atoms with Crippen molar-refractivity contribution >= 4 is 5.91 Å². The third kappa shape index (κ3) is 3.86. The Morgan fingerprint density at radius 1 is 1.30 bits per heavy atom. The fourth-order valence-electron chi connectivity index (χ4n) is 3.72. The summed E-state index contributed by atoms with van der Waals surface area (Å²) in [5, 5.41) is 0. The van der Waals surface area contributed by atoms with Gasteiger partial charge in [0.05, 0.1) is 5.56 Å². The molecule has 1 atom stereocenters. The lowest BCUT2D eigenvalue weighted by molar-refractivity contribution is 0.0787. The van der Waals surface area contributed by atoms with Gasteiger partial charge in [-0.3, -0.25) is 9.78 Å². The number of benzene rings is 1. The molecule has 1 unspecified atom stereocenters. The molecule has 6 heteroatoms. The lowest BCUT2D eigenvalue weighted by Gasteiger charge is -2.40. The molecule has 3 rings (SSSR count). The van der Waals surface area contributed by atoms with E-state index in [1.54, 1.807) is 19.3 Å². The van der Waals surface area contributed by atoms with Crippen molar-refractivity contribution in [1.82, 2.24) is 9.88 Å². The molecule has 1 aliphatic rings. The van der Waals surface area contributed by atoms with E-state index in [-0.39, 0.29) is 17.2 Å². The minimum atomic E-state index is -0.610. The first kappa shape index (κ1) is 19.4. The van der Waals surface area contributed by atoms with Crippen LogP contribution in [0.2, 0.25) is 0 Å². The minimum Gasteiger partial charge on any atom is -0.341 e. The molecule has 0 spiro atoms. The topological polar surface area (TPSA) is 59.2 Å². The van der Waals surface area contributed by atoms with Gasteiger partial charge in [0, 0.05) is 49.4 Å². The summed E-state index contributed by atoms with van der Waals surface area (Å²) in [5.41, 5.74) is 7.69. The van der Waals surface area contributed by atoms with Crippen LogP contribution in [0.1, 0.15) is 53.7 Å². The molecule has 1 fully saturated rings. The summed E-state index contributed by atoms with van der Waals surface area (Å²) in [4.78, 5) is 18.7. The summed E-state index contributed by atoms with van der Waals surface area (Å²) in [6, 6.07) is 7.18. The van der Waals surface area contributed by atoms with Gasteiger partial charge in [0.25, 0.3) is 5.91 Å². The van der Waals surface area contributed by atoms with Crippen LogP contribution in [0.5, 0.6) is 0 Å². The highest BCUT2D eigenvalue weighted by atomic mass is 19.1. The van der Waals surface area contributed by atoms with E-state index in [4.69, 9.17) is 5.73 Å². The fraction of sp³-hybridized carbons (Fsp3) is 0.429. The second-order valence-corrected chi connectivity index (χ2v) is 7.52. The van der Waals surface area contributed by atoms with Crippen molar-refractivity contribution in [3.8, 4) is 0 Å². The van der Waals surface area contributed by atoms with Crippen molar-refractivity contribution < 1.29 is 13.6 Å². The number of rotatable bonds is 6. The van der Waals surface area contributed by atoms with Crippen LogP contribution in [0.3, 0.4) is 0 Å². The lowest BCUT2D eigenvalue weighted by Crippen LogP contribution is -2.42. The van der Waals surface area contributed by atoms with Gasteiger partial charge in [0.1, 0.15) is 11.6 Å². The normalized spacial score (nSPS) is 16.5. The van der Waals surface area contributed by atoms with E-state index >= 15 is 0 Å². The number of carbonyl (C=O) groups is 1. The first-order chi connectivity index (χ1) is 12.9. The molecule has 0 radical (unpaired) electrons. The van der Waals surface area contributed by atoms with E-state index in [0.717, 1.165) is 31.0 Å². The van der Waals surface area contributed by atoms with Crippen molar-refractivity contribution in [2.45, 2.75) is 37.5 Å². The zero-order valence-electron chi connectivity index (χ0n) is 15.7. The van der Waals surface area contributed by atoms with Crippen molar-refractivity contribution in [2.24, 2.45) is 5.73 Å². The molecule has 27 heavy (non-hydrogen) atoms. The molecule has 0 saturated heterocycles. The van der Waals surface area contributed by atoms with E-state index in [1.165, 1.54) is 17.0 Å². The van der Waals surface area contributed by atoms with Gasteiger partial charge < -0.3 is 10.6 Å². The SMILES string of the molecule is CC(CN(C)C(=O)c1ccc(C2(CN)CCC2)nc1)c1ccc(F)cc1F. The quantitative estimate of drug-likeness (QED) is 0.841. The van der Waals surface area contributed by atoms with Crippen LogP contribution < -0.4 is 5.73 Å². The molecular formula is C21H25F2N3O. The molecule has 1 amide bonds. The van der Waals surface area contributed by atoms with E-state index in [1.807, 2.05) is 13.0 Å². The number of aromatic nitrogens is 1. The van der Waals surface area contributed by atoms with Gasteiger partial charge >= 0.3 is 0 Å². The van der Waals surface area contributed by atoms with Crippen molar-refractivity contribution in [3.05, 3.63) is 65.0 Å². The predicted molar refractivity (Wildman–Crippen MR) is 101 cm³/mol. The van der Waals surface area contributed by atoms with Gasteiger partial charge in [-0.15, -0.1) is 0 Å². The van der Waals surface area contributed by atoms with Gasteiger partial charge in [0.15, 0.2) is 0 Å². The van der Waals surface area contributed by atoms with Crippen LogP contribution in [0.25, 0.3) is 0 Å². The number of hydrogen-bond donors (Lipinski definition) is 1. The molecule has 2 aromatic rings. The van der Waals surface area contributed by atoms with E-state index in [2.05, 4.69) is 4.98 Å². The Balaban J connectivity index is 1.68.